The molecule has 3 aromatic rings. The molecule has 0 aliphatic rings. The first-order valence-electron chi connectivity index (χ1n) is 5.26. The first-order valence-corrected chi connectivity index (χ1v) is 6.52. The second-order valence-corrected chi connectivity index (χ2v) is 5.14. The summed E-state index contributed by atoms with van der Waals surface area (Å²) >= 11 is 7.58. The molecule has 92 valence electrons. The Morgan fingerprint density at radius 3 is 2.83 bits per heavy atom. The number of carbonyl (C=O) groups excluding carboxylic acids is 1. The third-order valence-corrected chi connectivity index (χ3v) is 4.10. The highest BCUT2D eigenvalue weighted by molar-refractivity contribution is 7.15. The van der Waals surface area contributed by atoms with E-state index >= 15 is 0 Å². The Labute approximate surface area is 112 Å². The van der Waals surface area contributed by atoms with Crippen LogP contribution in [-0.4, -0.2) is 25.5 Å². The van der Waals surface area contributed by atoms with Crippen molar-refractivity contribution in [3.05, 3.63) is 33.7 Å². The van der Waals surface area contributed by atoms with Crippen molar-refractivity contribution in [2.75, 3.05) is 0 Å². The Morgan fingerprint density at radius 2 is 2.22 bits per heavy atom. The van der Waals surface area contributed by atoms with Crippen molar-refractivity contribution in [3.63, 3.8) is 0 Å². The van der Waals surface area contributed by atoms with Crippen LogP contribution in [0.15, 0.2) is 11.6 Å². The second-order valence-electron chi connectivity index (χ2n) is 3.89. The van der Waals surface area contributed by atoms with Gasteiger partial charge in [-0.1, -0.05) is 11.6 Å². The fraction of sp³-hybridized carbons (Fsp3) is 0.182. The van der Waals surface area contributed by atoms with E-state index in [1.165, 1.54) is 11.3 Å². The third-order valence-electron chi connectivity index (χ3n) is 2.79. The number of imidazole rings is 1. The smallest absolute Gasteiger partial charge is 0.196 e. The summed E-state index contributed by atoms with van der Waals surface area (Å²) in [7, 11) is 0. The van der Waals surface area contributed by atoms with Crippen LogP contribution in [0.5, 0.6) is 0 Å². The van der Waals surface area contributed by atoms with Gasteiger partial charge in [-0.3, -0.25) is 9.20 Å². The van der Waals surface area contributed by atoms with E-state index < -0.39 is 0 Å². The maximum absolute atomic E-state index is 11.2. The predicted octanol–water partition coefficient (Wildman–Crippen LogP) is 2.66. The van der Waals surface area contributed by atoms with Crippen LogP contribution in [-0.2, 0) is 0 Å². The number of hydrogen-bond acceptors (Lipinski definition) is 4. The van der Waals surface area contributed by atoms with Crippen molar-refractivity contribution in [2.24, 2.45) is 0 Å². The number of aryl methyl sites for hydroxylation is 1. The zero-order chi connectivity index (χ0) is 12.9. The number of rotatable bonds is 2. The molecule has 18 heavy (non-hydrogen) atoms. The summed E-state index contributed by atoms with van der Waals surface area (Å²) in [6.07, 6.45) is 2.60. The van der Waals surface area contributed by atoms with Crippen LogP contribution in [0.4, 0.5) is 0 Å². The fourth-order valence-electron chi connectivity index (χ4n) is 1.89. The minimum Gasteiger partial charge on any atom is -0.296 e. The average molecular weight is 281 g/mol. The molecule has 3 rings (SSSR count). The molecule has 0 saturated heterocycles. The number of hydrogen-bond donors (Lipinski definition) is 0. The van der Waals surface area contributed by atoms with Gasteiger partial charge in [0.2, 0.25) is 0 Å². The van der Waals surface area contributed by atoms with Gasteiger partial charge in [-0.25, -0.2) is 4.68 Å². The summed E-state index contributed by atoms with van der Waals surface area (Å²) in [5.74, 6) is 0.518. The van der Waals surface area contributed by atoms with Crippen LogP contribution in [0.1, 0.15) is 21.9 Å². The van der Waals surface area contributed by atoms with Gasteiger partial charge in [0.1, 0.15) is 5.69 Å². The monoisotopic (exact) mass is 280 g/mol. The minimum atomic E-state index is 0.480. The topological polar surface area (TPSA) is 52.2 Å². The normalized spacial score (nSPS) is 11.3. The molecule has 0 aliphatic heterocycles. The van der Waals surface area contributed by atoms with E-state index in [2.05, 4.69) is 10.1 Å². The van der Waals surface area contributed by atoms with Crippen molar-refractivity contribution < 1.29 is 4.79 Å². The van der Waals surface area contributed by atoms with Crippen LogP contribution in [0.25, 0.3) is 10.8 Å². The zero-order valence-corrected chi connectivity index (χ0v) is 11.3. The first kappa shape index (κ1) is 11.4. The molecule has 0 aliphatic carbocycles. The van der Waals surface area contributed by atoms with Gasteiger partial charge in [-0.2, -0.15) is 10.1 Å². The van der Waals surface area contributed by atoms with E-state index in [4.69, 9.17) is 11.6 Å². The highest BCUT2D eigenvalue weighted by Crippen LogP contribution is 2.25. The Hall–Kier alpha value is -1.66. The Morgan fingerprint density at radius 1 is 1.44 bits per heavy atom. The molecule has 3 heterocycles. The van der Waals surface area contributed by atoms with Gasteiger partial charge < -0.3 is 0 Å². The standard InChI is InChI=1S/C11H9ClN4OS/c1-6-9(12)7(2)16(14-6)10-8(5-17)15-3-4-18-11(15)13-10/h3-5H,1-2H3. The predicted molar refractivity (Wildman–Crippen MR) is 70.1 cm³/mol. The summed E-state index contributed by atoms with van der Waals surface area (Å²) in [4.78, 5) is 16.4. The number of fused-ring (bicyclic) bond motifs is 1. The van der Waals surface area contributed by atoms with Crippen LogP contribution in [0.3, 0.4) is 0 Å². The van der Waals surface area contributed by atoms with Crippen molar-refractivity contribution >= 4 is 34.2 Å². The number of carbonyl (C=O) groups is 1. The summed E-state index contributed by atoms with van der Waals surface area (Å²) in [5.41, 5.74) is 1.99. The summed E-state index contributed by atoms with van der Waals surface area (Å²) in [5, 5.41) is 6.80. The molecule has 0 aromatic carbocycles. The Bertz CT molecular complexity index is 755. The lowest BCUT2D eigenvalue weighted by Crippen LogP contribution is -2.03. The summed E-state index contributed by atoms with van der Waals surface area (Å²) in [6.45, 7) is 3.68. The molecule has 0 atom stereocenters. The van der Waals surface area contributed by atoms with Gasteiger partial charge >= 0.3 is 0 Å². The largest absolute Gasteiger partial charge is 0.296 e. The quantitative estimate of drug-likeness (QED) is 0.678. The van der Waals surface area contributed by atoms with E-state index in [0.717, 1.165) is 22.6 Å². The molecule has 0 radical (unpaired) electrons. The average Bonchev–Trinajstić information content (AvgIpc) is 2.98. The highest BCUT2D eigenvalue weighted by Gasteiger charge is 2.19. The SMILES string of the molecule is Cc1nn(-c2nc3sccn3c2C=O)c(C)c1Cl. The van der Waals surface area contributed by atoms with E-state index in [0.29, 0.717) is 16.5 Å². The van der Waals surface area contributed by atoms with Crippen LogP contribution in [0.2, 0.25) is 5.02 Å². The molecule has 0 fully saturated rings. The number of aromatic nitrogens is 4. The maximum Gasteiger partial charge on any atom is 0.196 e. The maximum atomic E-state index is 11.2. The molecule has 0 spiro atoms. The van der Waals surface area contributed by atoms with Crippen molar-refractivity contribution in [2.45, 2.75) is 13.8 Å². The molecular formula is C11H9ClN4OS. The van der Waals surface area contributed by atoms with E-state index in [1.54, 1.807) is 9.08 Å². The van der Waals surface area contributed by atoms with Gasteiger partial charge in [-0.05, 0) is 13.8 Å². The van der Waals surface area contributed by atoms with Gasteiger partial charge in [0.15, 0.2) is 17.1 Å². The molecule has 3 aromatic heterocycles. The van der Waals surface area contributed by atoms with Crippen molar-refractivity contribution in [1.82, 2.24) is 19.2 Å². The molecular weight excluding hydrogens is 272 g/mol. The third kappa shape index (κ3) is 1.42. The fourth-order valence-corrected chi connectivity index (χ4v) is 2.72. The van der Waals surface area contributed by atoms with E-state index in [-0.39, 0.29) is 0 Å². The number of thiazole rings is 1. The molecule has 7 heteroatoms. The van der Waals surface area contributed by atoms with Crippen LogP contribution in [0, 0.1) is 13.8 Å². The molecule has 0 amide bonds. The van der Waals surface area contributed by atoms with Crippen LogP contribution < -0.4 is 0 Å². The van der Waals surface area contributed by atoms with Gasteiger partial charge in [0.25, 0.3) is 0 Å². The molecule has 0 unspecified atom stereocenters. The lowest BCUT2D eigenvalue weighted by Gasteiger charge is -2.00. The molecule has 0 bridgehead atoms. The zero-order valence-electron chi connectivity index (χ0n) is 9.72. The Balaban J connectivity index is 2.33. The minimum absolute atomic E-state index is 0.480. The molecule has 0 saturated carbocycles. The van der Waals surface area contributed by atoms with Crippen molar-refractivity contribution in [1.29, 1.82) is 0 Å². The number of nitrogens with zero attached hydrogens (tertiary/aromatic N) is 4. The number of halogens is 1. The van der Waals surface area contributed by atoms with Crippen molar-refractivity contribution in [3.8, 4) is 5.82 Å². The highest BCUT2D eigenvalue weighted by atomic mass is 35.5. The van der Waals surface area contributed by atoms with Crippen LogP contribution >= 0.6 is 22.9 Å². The lowest BCUT2D eigenvalue weighted by atomic mass is 10.4. The number of aldehydes is 1. The molecule has 0 N–H and O–H groups in total. The van der Waals surface area contributed by atoms with Gasteiger partial charge in [0.05, 0.1) is 16.4 Å². The van der Waals surface area contributed by atoms with Gasteiger partial charge in [0, 0.05) is 11.6 Å². The lowest BCUT2D eigenvalue weighted by molar-refractivity contribution is 0.111. The first-order chi connectivity index (χ1) is 8.63. The molecule has 5 nitrogen and oxygen atoms in total. The summed E-state index contributed by atoms with van der Waals surface area (Å²) in [6, 6.07) is 0. The second kappa shape index (κ2) is 3.93. The van der Waals surface area contributed by atoms with E-state index in [1.807, 2.05) is 25.4 Å². The van der Waals surface area contributed by atoms with Gasteiger partial charge in [-0.15, -0.1) is 11.3 Å². The summed E-state index contributed by atoms with van der Waals surface area (Å²) < 4.78 is 3.36. The Kier molecular flexibility index (Phi) is 2.49. The van der Waals surface area contributed by atoms with E-state index in [9.17, 15) is 4.79 Å².